The Bertz CT molecular complexity index is 1370. The minimum atomic E-state index is -0.333. The Morgan fingerprint density at radius 2 is 1.49 bits per heavy atom. The van der Waals surface area contributed by atoms with Crippen LogP contribution in [0.3, 0.4) is 0 Å². The van der Waals surface area contributed by atoms with Crippen molar-refractivity contribution in [2.24, 2.45) is 5.41 Å². The Morgan fingerprint density at radius 3 is 2.11 bits per heavy atom. The predicted octanol–water partition coefficient (Wildman–Crippen LogP) is 2.59. The summed E-state index contributed by atoms with van der Waals surface area (Å²) < 4.78 is 2.89. The second kappa shape index (κ2) is 10.2. The second-order valence-corrected chi connectivity index (χ2v) is 14.4. The van der Waals surface area contributed by atoms with Crippen molar-refractivity contribution in [2.75, 3.05) is 0 Å². The maximum Gasteiger partial charge on any atom is -1.00 e. The summed E-state index contributed by atoms with van der Waals surface area (Å²) in [6, 6.07) is 26.8. The molecular formula is C30H25BrCl2PZr. The van der Waals surface area contributed by atoms with Gasteiger partial charge in [-0.05, 0) is 0 Å². The van der Waals surface area contributed by atoms with E-state index in [1.54, 1.807) is 44.2 Å². The number of hydrogen-bond acceptors (Lipinski definition) is 0. The first-order valence-electron chi connectivity index (χ1n) is 11.5. The van der Waals surface area contributed by atoms with E-state index >= 15 is 0 Å². The van der Waals surface area contributed by atoms with Crippen LogP contribution in [0, 0.1) is 5.41 Å². The molecule has 2 bridgehead atoms. The molecule has 0 N–H and O–H groups in total. The van der Waals surface area contributed by atoms with Crippen molar-refractivity contribution in [1.29, 1.82) is 0 Å². The molecule has 3 unspecified atom stereocenters. The summed E-state index contributed by atoms with van der Waals surface area (Å²) in [4.78, 5) is 0. The number of benzene rings is 3. The van der Waals surface area contributed by atoms with Crippen molar-refractivity contribution in [3.8, 4) is 0 Å². The fourth-order valence-corrected chi connectivity index (χ4v) is 11.8. The van der Waals surface area contributed by atoms with Gasteiger partial charge in [0.1, 0.15) is 0 Å². The van der Waals surface area contributed by atoms with Gasteiger partial charge >= 0.3 is 223 Å². The SMILES string of the molecule is CC(C)(C)C1=C2C(c3ccc(Br)c4c3C=CC4c3ccccc3)[C]([Zr+2])=C1P2c1ccccc1.[Cl-].[Cl-]. The van der Waals surface area contributed by atoms with E-state index < -0.39 is 0 Å². The number of fused-ring (bicyclic) bond motifs is 2. The molecule has 7 rings (SSSR count). The van der Waals surface area contributed by atoms with Crippen LogP contribution in [0.5, 0.6) is 0 Å². The van der Waals surface area contributed by atoms with Crippen LogP contribution in [-0.4, -0.2) is 0 Å². The van der Waals surface area contributed by atoms with Crippen molar-refractivity contribution >= 4 is 35.2 Å². The van der Waals surface area contributed by atoms with Gasteiger partial charge < -0.3 is 24.8 Å². The quantitative estimate of drug-likeness (QED) is 0.380. The van der Waals surface area contributed by atoms with Gasteiger partial charge in [-0.3, -0.25) is 0 Å². The Balaban J connectivity index is 0.00000144. The van der Waals surface area contributed by atoms with E-state index in [1.165, 1.54) is 32.0 Å². The van der Waals surface area contributed by atoms with Gasteiger partial charge in [-0.25, -0.2) is 0 Å². The summed E-state index contributed by atoms with van der Waals surface area (Å²) in [5.74, 6) is 0.763. The first kappa shape index (κ1) is 27.3. The molecule has 0 saturated heterocycles. The summed E-state index contributed by atoms with van der Waals surface area (Å²) in [7, 11) is -0.333. The first-order valence-corrected chi connectivity index (χ1v) is 14.9. The van der Waals surface area contributed by atoms with Crippen LogP contribution in [0.1, 0.15) is 54.9 Å². The molecule has 3 atom stereocenters. The molecule has 0 aromatic heterocycles. The van der Waals surface area contributed by atoms with Gasteiger partial charge in [0.25, 0.3) is 0 Å². The number of halogens is 3. The third kappa shape index (κ3) is 4.27. The molecule has 2 aliphatic carbocycles. The molecule has 3 aromatic rings. The van der Waals surface area contributed by atoms with Crippen LogP contribution < -0.4 is 30.1 Å². The average Bonchev–Trinajstić information content (AvgIpc) is 3.44. The Hall–Kier alpha value is -0.747. The van der Waals surface area contributed by atoms with Gasteiger partial charge in [0.2, 0.25) is 0 Å². The molecule has 0 radical (unpaired) electrons. The van der Waals surface area contributed by atoms with Gasteiger partial charge in [0.15, 0.2) is 0 Å². The molecule has 2 aliphatic heterocycles. The van der Waals surface area contributed by atoms with E-state index in [0.717, 1.165) is 0 Å². The third-order valence-electron chi connectivity index (χ3n) is 7.04. The predicted molar refractivity (Wildman–Crippen MR) is 141 cm³/mol. The fraction of sp³-hybridized carbons (Fsp3) is 0.200. The molecule has 3 aromatic carbocycles. The van der Waals surface area contributed by atoms with E-state index in [-0.39, 0.29) is 38.2 Å². The summed E-state index contributed by atoms with van der Waals surface area (Å²) in [5, 5.41) is 4.92. The van der Waals surface area contributed by atoms with Crippen molar-refractivity contribution in [3.05, 3.63) is 125 Å². The van der Waals surface area contributed by atoms with Crippen molar-refractivity contribution in [3.63, 3.8) is 0 Å². The van der Waals surface area contributed by atoms with Crippen LogP contribution in [0.15, 0.2) is 103 Å². The molecule has 0 fully saturated rings. The molecule has 4 aliphatic rings. The van der Waals surface area contributed by atoms with Crippen LogP contribution in [0.25, 0.3) is 6.08 Å². The summed E-state index contributed by atoms with van der Waals surface area (Å²) in [5.41, 5.74) is 7.56. The summed E-state index contributed by atoms with van der Waals surface area (Å²) in [6.45, 7) is 7.18. The number of hydrogen-bond donors (Lipinski definition) is 0. The topological polar surface area (TPSA) is 0 Å². The normalized spacial score (nSPS) is 21.9. The molecule has 0 spiro atoms. The number of rotatable bonds is 3. The van der Waals surface area contributed by atoms with Crippen LogP contribution in [0.4, 0.5) is 0 Å². The van der Waals surface area contributed by atoms with Gasteiger partial charge in [-0.1, -0.05) is 0 Å². The van der Waals surface area contributed by atoms with Gasteiger partial charge in [0.05, 0.1) is 0 Å². The Morgan fingerprint density at radius 1 is 0.857 bits per heavy atom. The molecule has 175 valence electrons. The second-order valence-electron chi connectivity index (χ2n) is 10.1. The molecular weight excluding hydrogens is 633 g/mol. The standard InChI is InChI=1S/C30H25BrP.2ClH.Zr/c1-30(2,3)28-26-18-24(29(28)32(26)20-12-8-5-9-13-20)22-16-17-25(31)27-21(14-15-23(22)27)19-10-6-4-7-11-19;;;/h4-17,21,24H,1-3H3;2*1H;/q;;;+2/p-2. The zero-order valence-corrected chi connectivity index (χ0v) is 26.3. The number of allylic oxidation sites excluding steroid dienone is 5. The van der Waals surface area contributed by atoms with E-state index in [2.05, 4.69) is 122 Å². The van der Waals surface area contributed by atoms with E-state index in [4.69, 9.17) is 0 Å². The first-order chi connectivity index (χ1) is 15.9. The van der Waals surface area contributed by atoms with Crippen molar-refractivity contribution in [1.82, 2.24) is 0 Å². The minimum absolute atomic E-state index is 0. The van der Waals surface area contributed by atoms with Gasteiger partial charge in [-0.2, -0.15) is 0 Å². The smallest absolute Gasteiger partial charge is 1.00 e. The maximum atomic E-state index is 3.91. The monoisotopic (exact) mass is 655 g/mol. The van der Waals surface area contributed by atoms with E-state index in [0.29, 0.717) is 11.8 Å². The zero-order valence-electron chi connectivity index (χ0n) is 19.8. The van der Waals surface area contributed by atoms with Gasteiger partial charge in [0, 0.05) is 0 Å². The zero-order chi connectivity index (χ0) is 22.9. The molecule has 0 nitrogen and oxygen atoms in total. The van der Waals surface area contributed by atoms with Gasteiger partial charge in [-0.15, -0.1) is 0 Å². The van der Waals surface area contributed by atoms with E-state index in [1.807, 2.05) is 0 Å². The molecule has 35 heavy (non-hydrogen) atoms. The average molecular weight is 659 g/mol. The molecule has 0 amide bonds. The van der Waals surface area contributed by atoms with Crippen LogP contribution >= 0.6 is 23.9 Å². The van der Waals surface area contributed by atoms with E-state index in [9.17, 15) is 0 Å². The summed E-state index contributed by atoms with van der Waals surface area (Å²) in [6.07, 6.45) is 4.78. The fourth-order valence-electron chi connectivity index (χ4n) is 5.71. The minimum Gasteiger partial charge on any atom is -1.00 e. The molecule has 2 heterocycles. The van der Waals surface area contributed by atoms with Crippen LogP contribution in [0.2, 0.25) is 0 Å². The van der Waals surface area contributed by atoms with Crippen molar-refractivity contribution < 1.29 is 49.5 Å². The molecule has 5 heteroatoms. The molecule has 0 saturated carbocycles. The Kier molecular flexibility index (Phi) is 7.95. The third-order valence-corrected chi connectivity index (χ3v) is 12.3. The maximum absolute atomic E-state index is 3.91. The van der Waals surface area contributed by atoms with Crippen molar-refractivity contribution in [2.45, 2.75) is 32.6 Å². The largest absolute Gasteiger partial charge is 1.00 e. The van der Waals surface area contributed by atoms with Crippen LogP contribution in [-0.2, 0) is 24.7 Å². The Labute approximate surface area is 245 Å². The summed E-state index contributed by atoms with van der Waals surface area (Å²) >= 11 is 5.47.